The standard InChI is InChI=1S/C26H33N5O2/c1-7-31-25(20-15-27-22(30(5)6)13-16(20)3)28-17(4)23(26(31)32)29-24-19-12-10-9-11-18(19)14-21(24)33-8-2/h9-13,15,21,24,29H,7-8,14H2,1-6H3. The summed E-state index contributed by atoms with van der Waals surface area (Å²) in [7, 11) is 3.92. The van der Waals surface area contributed by atoms with Crippen molar-refractivity contribution in [2.45, 2.75) is 52.8 Å². The van der Waals surface area contributed by atoms with Gasteiger partial charge in [-0.25, -0.2) is 9.97 Å². The van der Waals surface area contributed by atoms with Crippen LogP contribution in [0.15, 0.2) is 41.3 Å². The molecule has 2 unspecified atom stereocenters. The smallest absolute Gasteiger partial charge is 0.277 e. The van der Waals surface area contributed by atoms with Gasteiger partial charge in [0.1, 0.15) is 17.3 Å². The zero-order valence-electron chi connectivity index (χ0n) is 20.3. The van der Waals surface area contributed by atoms with E-state index < -0.39 is 0 Å². The van der Waals surface area contributed by atoms with E-state index in [2.05, 4.69) is 22.4 Å². The number of hydrogen-bond donors (Lipinski definition) is 1. The molecule has 0 saturated heterocycles. The fraction of sp³-hybridized carbons (Fsp3) is 0.423. The molecule has 1 aliphatic rings. The van der Waals surface area contributed by atoms with Gasteiger partial charge in [0, 0.05) is 45.4 Å². The van der Waals surface area contributed by atoms with Gasteiger partial charge in [0.2, 0.25) is 0 Å². The molecule has 7 nitrogen and oxygen atoms in total. The van der Waals surface area contributed by atoms with Crippen molar-refractivity contribution in [2.75, 3.05) is 30.9 Å². The number of nitrogens with zero attached hydrogens (tertiary/aromatic N) is 4. The minimum absolute atomic E-state index is 0.0222. The molecule has 174 valence electrons. The lowest BCUT2D eigenvalue weighted by atomic mass is 10.1. The van der Waals surface area contributed by atoms with Crippen molar-refractivity contribution >= 4 is 11.5 Å². The summed E-state index contributed by atoms with van der Waals surface area (Å²) in [4.78, 5) is 25.1. The van der Waals surface area contributed by atoms with E-state index >= 15 is 0 Å². The number of rotatable bonds is 7. The van der Waals surface area contributed by atoms with Gasteiger partial charge >= 0.3 is 0 Å². The van der Waals surface area contributed by atoms with Crippen molar-refractivity contribution in [1.82, 2.24) is 14.5 Å². The Hall–Kier alpha value is -3.19. The van der Waals surface area contributed by atoms with Crippen LogP contribution in [0.25, 0.3) is 11.4 Å². The van der Waals surface area contributed by atoms with E-state index in [0.717, 1.165) is 23.4 Å². The van der Waals surface area contributed by atoms with Gasteiger partial charge in [0.25, 0.3) is 5.56 Å². The van der Waals surface area contributed by atoms with Crippen LogP contribution in [-0.2, 0) is 17.7 Å². The van der Waals surface area contributed by atoms with Crippen LogP contribution in [0, 0.1) is 13.8 Å². The molecular formula is C26H33N5O2. The molecule has 0 bridgehead atoms. The molecule has 0 spiro atoms. The molecule has 0 saturated carbocycles. The number of aromatic nitrogens is 3. The second-order valence-corrected chi connectivity index (χ2v) is 8.72. The van der Waals surface area contributed by atoms with Crippen LogP contribution >= 0.6 is 0 Å². The van der Waals surface area contributed by atoms with Crippen molar-refractivity contribution < 1.29 is 4.74 Å². The van der Waals surface area contributed by atoms with E-state index in [0.29, 0.717) is 30.4 Å². The molecule has 2 heterocycles. The molecule has 3 aromatic rings. The number of hydrogen-bond acceptors (Lipinski definition) is 6. The third kappa shape index (κ3) is 4.25. The molecule has 2 atom stereocenters. The summed E-state index contributed by atoms with van der Waals surface area (Å²) in [5.74, 6) is 1.52. The Kier molecular flexibility index (Phi) is 6.51. The van der Waals surface area contributed by atoms with Gasteiger partial charge in [-0.1, -0.05) is 24.3 Å². The van der Waals surface area contributed by atoms with E-state index in [1.165, 1.54) is 11.1 Å². The SMILES string of the molecule is CCOC1Cc2ccccc2C1Nc1c(C)nc(-c2cnc(N(C)C)cc2C)n(CC)c1=O. The molecule has 0 radical (unpaired) electrons. The summed E-state index contributed by atoms with van der Waals surface area (Å²) in [5.41, 5.74) is 5.47. The number of aryl methyl sites for hydroxylation is 2. The summed E-state index contributed by atoms with van der Waals surface area (Å²) in [5, 5.41) is 3.52. The highest BCUT2D eigenvalue weighted by Crippen LogP contribution is 2.36. The lowest BCUT2D eigenvalue weighted by molar-refractivity contribution is 0.0574. The van der Waals surface area contributed by atoms with E-state index in [-0.39, 0.29) is 17.7 Å². The third-order valence-corrected chi connectivity index (χ3v) is 6.33. The molecular weight excluding hydrogens is 414 g/mol. The molecule has 2 aromatic heterocycles. The molecule has 4 rings (SSSR count). The number of anilines is 2. The minimum atomic E-state index is -0.0896. The monoisotopic (exact) mass is 447 g/mol. The second-order valence-electron chi connectivity index (χ2n) is 8.72. The maximum absolute atomic E-state index is 13.7. The molecule has 1 aliphatic carbocycles. The summed E-state index contributed by atoms with van der Waals surface area (Å²) in [6.45, 7) is 9.03. The summed E-state index contributed by atoms with van der Waals surface area (Å²) >= 11 is 0. The normalized spacial score (nSPS) is 17.2. The number of nitrogens with one attached hydrogen (secondary N) is 1. The van der Waals surface area contributed by atoms with Gasteiger partial charge in [0.15, 0.2) is 0 Å². The van der Waals surface area contributed by atoms with Gasteiger partial charge < -0.3 is 15.0 Å². The number of ether oxygens (including phenoxy) is 1. The topological polar surface area (TPSA) is 72.3 Å². The van der Waals surface area contributed by atoms with Crippen LogP contribution in [0.5, 0.6) is 0 Å². The van der Waals surface area contributed by atoms with Crippen LogP contribution in [0.3, 0.4) is 0 Å². The zero-order chi connectivity index (χ0) is 23.7. The first-order chi connectivity index (χ1) is 15.8. The zero-order valence-corrected chi connectivity index (χ0v) is 20.3. The Morgan fingerprint density at radius 1 is 1.21 bits per heavy atom. The summed E-state index contributed by atoms with van der Waals surface area (Å²) in [6, 6.07) is 10.3. The van der Waals surface area contributed by atoms with Gasteiger partial charge in [-0.2, -0.15) is 0 Å². The Morgan fingerprint density at radius 3 is 2.64 bits per heavy atom. The van der Waals surface area contributed by atoms with Crippen LogP contribution in [0.2, 0.25) is 0 Å². The van der Waals surface area contributed by atoms with Gasteiger partial charge in [-0.3, -0.25) is 9.36 Å². The van der Waals surface area contributed by atoms with Crippen molar-refractivity contribution in [1.29, 1.82) is 0 Å². The number of fused-ring (bicyclic) bond motifs is 1. The molecule has 0 aliphatic heterocycles. The van der Waals surface area contributed by atoms with Gasteiger partial charge in [-0.15, -0.1) is 0 Å². The first kappa shape index (κ1) is 23.0. The largest absolute Gasteiger partial charge is 0.376 e. The Labute approximate surface area is 195 Å². The molecule has 33 heavy (non-hydrogen) atoms. The molecule has 0 fully saturated rings. The van der Waals surface area contributed by atoms with E-state index in [1.807, 2.05) is 71.1 Å². The van der Waals surface area contributed by atoms with Crippen LogP contribution in [0.4, 0.5) is 11.5 Å². The predicted octanol–water partition coefficient (Wildman–Crippen LogP) is 4.12. The fourth-order valence-electron chi connectivity index (χ4n) is 4.60. The van der Waals surface area contributed by atoms with Gasteiger partial charge in [0.05, 0.1) is 17.8 Å². The maximum atomic E-state index is 13.7. The minimum Gasteiger partial charge on any atom is -0.376 e. The molecule has 1 N–H and O–H groups in total. The first-order valence-corrected chi connectivity index (χ1v) is 11.6. The predicted molar refractivity (Wildman–Crippen MR) is 133 cm³/mol. The van der Waals surface area contributed by atoms with Crippen molar-refractivity contribution in [3.63, 3.8) is 0 Å². The van der Waals surface area contributed by atoms with Crippen LogP contribution in [-0.4, -0.2) is 41.3 Å². The van der Waals surface area contributed by atoms with Crippen molar-refractivity contribution in [2.24, 2.45) is 0 Å². The second kappa shape index (κ2) is 9.35. The highest BCUT2D eigenvalue weighted by molar-refractivity contribution is 5.64. The van der Waals surface area contributed by atoms with Gasteiger partial charge in [-0.05, 0) is 50.5 Å². The van der Waals surface area contributed by atoms with Crippen molar-refractivity contribution in [3.05, 3.63) is 69.3 Å². The third-order valence-electron chi connectivity index (χ3n) is 6.33. The maximum Gasteiger partial charge on any atom is 0.277 e. The quantitative estimate of drug-likeness (QED) is 0.587. The molecule has 0 amide bonds. The lowest BCUT2D eigenvalue weighted by Gasteiger charge is -2.24. The van der Waals surface area contributed by atoms with E-state index in [1.54, 1.807) is 4.57 Å². The highest BCUT2D eigenvalue weighted by Gasteiger charge is 2.34. The average Bonchev–Trinajstić information content (AvgIpc) is 3.13. The Morgan fingerprint density at radius 2 is 1.97 bits per heavy atom. The molecule has 1 aromatic carbocycles. The average molecular weight is 448 g/mol. The first-order valence-electron chi connectivity index (χ1n) is 11.6. The Balaban J connectivity index is 1.77. The lowest BCUT2D eigenvalue weighted by Crippen LogP contribution is -2.32. The summed E-state index contributed by atoms with van der Waals surface area (Å²) < 4.78 is 7.77. The van der Waals surface area contributed by atoms with Crippen molar-refractivity contribution in [3.8, 4) is 11.4 Å². The number of benzene rings is 1. The van der Waals surface area contributed by atoms with E-state index in [4.69, 9.17) is 9.72 Å². The summed E-state index contributed by atoms with van der Waals surface area (Å²) in [6.07, 6.45) is 2.62. The molecule has 7 heteroatoms. The number of pyridine rings is 1. The highest BCUT2D eigenvalue weighted by atomic mass is 16.5. The Bertz CT molecular complexity index is 1220. The van der Waals surface area contributed by atoms with Crippen LogP contribution < -0.4 is 15.8 Å². The van der Waals surface area contributed by atoms with E-state index in [9.17, 15) is 4.79 Å². The van der Waals surface area contributed by atoms with Crippen LogP contribution in [0.1, 0.15) is 42.3 Å². The fourth-order valence-corrected chi connectivity index (χ4v) is 4.60.